The fraction of sp³-hybridized carbons (Fsp3) is 0.435. The lowest BCUT2D eigenvalue weighted by atomic mass is 10.0. The summed E-state index contributed by atoms with van der Waals surface area (Å²) >= 11 is 0. The highest BCUT2D eigenvalue weighted by Gasteiger charge is 2.41. The molecule has 1 aliphatic heterocycles. The molecule has 1 saturated heterocycles. The molecule has 1 unspecified atom stereocenters. The summed E-state index contributed by atoms with van der Waals surface area (Å²) in [5.74, 6) is -1.21. The first kappa shape index (κ1) is 23.4. The van der Waals surface area contributed by atoms with Crippen LogP contribution < -0.4 is 5.32 Å². The molecule has 0 bridgehead atoms. The Bertz CT molecular complexity index is 979. The molecule has 2 N–H and O–H groups in total. The van der Waals surface area contributed by atoms with Gasteiger partial charge in [0.05, 0.1) is 5.75 Å². The first-order valence-corrected chi connectivity index (χ1v) is 12.1. The minimum atomic E-state index is -3.53. The molecule has 0 aliphatic carbocycles. The minimum Gasteiger partial charge on any atom is -0.480 e. The fourth-order valence-corrected chi connectivity index (χ4v) is 5.68. The third-order valence-corrected chi connectivity index (χ3v) is 7.32. The highest BCUT2D eigenvalue weighted by Crippen LogP contribution is 2.24. The number of likely N-dealkylation sites (N-methyl/N-ethyl adjacent to an activating group) is 1. The van der Waals surface area contributed by atoms with Crippen molar-refractivity contribution in [2.45, 2.75) is 38.0 Å². The summed E-state index contributed by atoms with van der Waals surface area (Å²) < 4.78 is 25.7. The van der Waals surface area contributed by atoms with Crippen LogP contribution in [0, 0.1) is 0 Å². The van der Waals surface area contributed by atoms with Gasteiger partial charge >= 0.3 is 5.97 Å². The molecule has 0 aromatic heterocycles. The Balaban J connectivity index is 1.67. The molecule has 0 saturated carbocycles. The molecule has 0 spiro atoms. The predicted octanol–water partition coefficient (Wildman–Crippen LogP) is 1.94. The number of sulfonamides is 1. The van der Waals surface area contributed by atoms with Gasteiger partial charge in [-0.05, 0) is 43.6 Å². The van der Waals surface area contributed by atoms with Crippen LogP contribution >= 0.6 is 0 Å². The molecule has 31 heavy (non-hydrogen) atoms. The van der Waals surface area contributed by atoms with E-state index in [0.29, 0.717) is 6.54 Å². The van der Waals surface area contributed by atoms with Crippen LogP contribution in [-0.2, 0) is 34.3 Å². The Hall–Kier alpha value is -2.26. The van der Waals surface area contributed by atoms with Crippen LogP contribution in [0.3, 0.4) is 0 Å². The van der Waals surface area contributed by atoms with Crippen LogP contribution in [0.5, 0.6) is 0 Å². The second kappa shape index (κ2) is 10.4. The smallest absolute Gasteiger partial charge is 0.322 e. The Labute approximate surface area is 184 Å². The number of aliphatic carboxylic acids is 1. The summed E-state index contributed by atoms with van der Waals surface area (Å²) in [4.78, 5) is 13.6. The van der Waals surface area contributed by atoms with Crippen molar-refractivity contribution < 1.29 is 18.3 Å². The number of benzene rings is 2. The van der Waals surface area contributed by atoms with Crippen LogP contribution in [0.4, 0.5) is 0 Å². The summed E-state index contributed by atoms with van der Waals surface area (Å²) in [5.41, 5.74) is 3.11. The van der Waals surface area contributed by atoms with E-state index < -0.39 is 22.0 Å². The molecule has 2 aromatic carbocycles. The molecule has 3 rings (SSSR count). The fourth-order valence-electron chi connectivity index (χ4n) is 3.99. The molecule has 8 heteroatoms. The van der Waals surface area contributed by atoms with E-state index >= 15 is 0 Å². The molecule has 0 radical (unpaired) electrons. The number of hydrogen-bond acceptors (Lipinski definition) is 5. The monoisotopic (exact) mass is 445 g/mol. The molecule has 1 fully saturated rings. The topological polar surface area (TPSA) is 89.9 Å². The van der Waals surface area contributed by atoms with E-state index in [-0.39, 0.29) is 24.8 Å². The number of hydrogen-bond donors (Lipinski definition) is 2. The number of carbonyl (C=O) groups is 1. The predicted molar refractivity (Wildman–Crippen MR) is 121 cm³/mol. The molecule has 1 heterocycles. The van der Waals surface area contributed by atoms with Gasteiger partial charge in [0.15, 0.2) is 0 Å². The van der Waals surface area contributed by atoms with Gasteiger partial charge in [-0.3, -0.25) is 4.79 Å². The van der Waals surface area contributed by atoms with Crippen molar-refractivity contribution in [3.63, 3.8) is 0 Å². The van der Waals surface area contributed by atoms with E-state index in [1.807, 2.05) is 42.5 Å². The zero-order chi connectivity index (χ0) is 22.4. The Kier molecular flexibility index (Phi) is 7.83. The van der Waals surface area contributed by atoms with Gasteiger partial charge in [-0.15, -0.1) is 0 Å². The SMILES string of the molecule is CN(C)C[C@H](Cc1ccccc1)NCc1cccc(CN2C(C(=O)O)CCS2(=O)=O)c1. The quantitative estimate of drug-likeness (QED) is 0.581. The van der Waals surface area contributed by atoms with Gasteiger partial charge in [0.2, 0.25) is 10.0 Å². The minimum absolute atomic E-state index is 0.0816. The van der Waals surface area contributed by atoms with Crippen molar-refractivity contribution in [1.29, 1.82) is 0 Å². The number of nitrogens with zero attached hydrogens (tertiary/aromatic N) is 2. The average Bonchev–Trinajstić information content (AvgIpc) is 3.01. The molecule has 2 atom stereocenters. The van der Waals surface area contributed by atoms with E-state index in [1.165, 1.54) is 5.56 Å². The summed E-state index contributed by atoms with van der Waals surface area (Å²) in [6.45, 7) is 1.62. The summed E-state index contributed by atoms with van der Waals surface area (Å²) in [6.07, 6.45) is 1.04. The third kappa shape index (κ3) is 6.61. The lowest BCUT2D eigenvalue weighted by molar-refractivity contribution is -0.141. The van der Waals surface area contributed by atoms with Gasteiger partial charge in [-0.25, -0.2) is 8.42 Å². The maximum atomic E-state index is 12.3. The van der Waals surface area contributed by atoms with Gasteiger partial charge in [0.25, 0.3) is 0 Å². The second-order valence-electron chi connectivity index (χ2n) is 8.35. The third-order valence-electron chi connectivity index (χ3n) is 5.47. The van der Waals surface area contributed by atoms with Gasteiger partial charge in [0.1, 0.15) is 6.04 Å². The first-order chi connectivity index (χ1) is 14.7. The van der Waals surface area contributed by atoms with Crippen LogP contribution in [0.25, 0.3) is 0 Å². The van der Waals surface area contributed by atoms with E-state index in [1.54, 1.807) is 0 Å². The lowest BCUT2D eigenvalue weighted by Gasteiger charge is -2.23. The normalized spacial score (nSPS) is 19.5. The van der Waals surface area contributed by atoms with Crippen molar-refractivity contribution in [2.24, 2.45) is 0 Å². The van der Waals surface area contributed by atoms with E-state index in [4.69, 9.17) is 0 Å². The van der Waals surface area contributed by atoms with Gasteiger partial charge in [-0.1, -0.05) is 54.6 Å². The average molecular weight is 446 g/mol. The van der Waals surface area contributed by atoms with Crippen molar-refractivity contribution in [1.82, 2.24) is 14.5 Å². The van der Waals surface area contributed by atoms with Crippen LogP contribution in [0.2, 0.25) is 0 Å². The Morgan fingerprint density at radius 2 is 1.81 bits per heavy atom. The first-order valence-electron chi connectivity index (χ1n) is 10.5. The van der Waals surface area contributed by atoms with Crippen LogP contribution in [-0.4, -0.2) is 67.2 Å². The summed E-state index contributed by atoms with van der Waals surface area (Å²) in [7, 11) is 0.568. The van der Waals surface area contributed by atoms with E-state index in [2.05, 4.69) is 36.4 Å². The lowest BCUT2D eigenvalue weighted by Crippen LogP contribution is -2.39. The number of carboxylic acids is 1. The maximum absolute atomic E-state index is 12.3. The standard InChI is InChI=1S/C23H31N3O4S/c1-25(2)17-21(14-18-7-4-3-5-8-18)24-15-19-9-6-10-20(13-19)16-26-22(23(27)28)11-12-31(26,29)30/h3-10,13,21-22,24H,11-12,14-17H2,1-2H3,(H,27,28)/t21-,22?/m0/s1. The zero-order valence-corrected chi connectivity index (χ0v) is 18.9. The van der Waals surface area contributed by atoms with Gasteiger partial charge in [0, 0.05) is 25.7 Å². The summed E-state index contributed by atoms with van der Waals surface area (Å²) in [6, 6.07) is 17.3. The molecular formula is C23H31N3O4S. The van der Waals surface area contributed by atoms with Crippen molar-refractivity contribution in [3.05, 3.63) is 71.3 Å². The van der Waals surface area contributed by atoms with E-state index in [0.717, 1.165) is 28.4 Å². The summed E-state index contributed by atoms with van der Waals surface area (Å²) in [5, 5.41) is 13.0. The Morgan fingerprint density at radius 1 is 1.13 bits per heavy atom. The largest absolute Gasteiger partial charge is 0.480 e. The van der Waals surface area contributed by atoms with Crippen molar-refractivity contribution >= 4 is 16.0 Å². The second-order valence-corrected chi connectivity index (χ2v) is 10.4. The van der Waals surface area contributed by atoms with Crippen LogP contribution in [0.15, 0.2) is 54.6 Å². The zero-order valence-electron chi connectivity index (χ0n) is 18.1. The number of nitrogens with one attached hydrogen (secondary N) is 1. The van der Waals surface area contributed by atoms with E-state index in [9.17, 15) is 18.3 Å². The number of carboxylic acid groups (broad SMARTS) is 1. The molecule has 1 aliphatic rings. The molecule has 7 nitrogen and oxygen atoms in total. The number of rotatable bonds is 10. The maximum Gasteiger partial charge on any atom is 0.322 e. The molecular weight excluding hydrogens is 414 g/mol. The van der Waals surface area contributed by atoms with Gasteiger partial charge in [-0.2, -0.15) is 4.31 Å². The highest BCUT2D eigenvalue weighted by atomic mass is 32.2. The van der Waals surface area contributed by atoms with Crippen molar-refractivity contribution in [2.75, 3.05) is 26.4 Å². The van der Waals surface area contributed by atoms with Crippen molar-refractivity contribution in [3.8, 4) is 0 Å². The van der Waals surface area contributed by atoms with Crippen LogP contribution in [0.1, 0.15) is 23.1 Å². The Morgan fingerprint density at radius 3 is 2.48 bits per heavy atom. The molecule has 168 valence electrons. The molecule has 0 amide bonds. The van der Waals surface area contributed by atoms with Gasteiger partial charge < -0.3 is 15.3 Å². The highest BCUT2D eigenvalue weighted by molar-refractivity contribution is 7.89. The molecule has 2 aromatic rings.